The summed E-state index contributed by atoms with van der Waals surface area (Å²) < 4.78 is 53.8. The van der Waals surface area contributed by atoms with E-state index < -0.39 is 92.2 Å². The molecular weight excluding hydrogens is 736 g/mol. The number of halogens is 1. The van der Waals surface area contributed by atoms with Crippen molar-refractivity contribution in [1.29, 1.82) is 0 Å². The van der Waals surface area contributed by atoms with E-state index in [1.807, 2.05) is 0 Å². The maximum atomic E-state index is 14.5. The number of benzene rings is 1. The lowest BCUT2D eigenvalue weighted by molar-refractivity contribution is -0.159. The number of carbonyl (C=O) groups is 6. The summed E-state index contributed by atoms with van der Waals surface area (Å²) in [7, 11) is -3.96. The van der Waals surface area contributed by atoms with E-state index in [4.69, 9.17) is 9.47 Å². The van der Waals surface area contributed by atoms with Crippen LogP contribution in [0.2, 0.25) is 0 Å². The molecule has 5 atom stereocenters. The summed E-state index contributed by atoms with van der Waals surface area (Å²) in [6, 6.07) is 3.41. The topological polar surface area (TPSA) is 177 Å². The predicted molar refractivity (Wildman–Crippen MR) is 195 cm³/mol. The SMILES string of the molecule is C=CC(=O)N1C/C=C\[C@@H]2CC2(C(=O)NS(=O)(=O)C2CC2)CC(=O)[C@@H]2C[C@@H](OC(=O)N3Cc4cccc(F)c4C3)CN2C(=O)[C@@H](CC(=O)OC(C)(C)C)CCC1. The molecule has 16 heteroatoms. The largest absolute Gasteiger partial charge is 0.460 e. The van der Waals surface area contributed by atoms with Gasteiger partial charge in [0.15, 0.2) is 5.78 Å². The Hall–Kier alpha value is -4.60. The van der Waals surface area contributed by atoms with E-state index in [1.54, 1.807) is 45.1 Å². The summed E-state index contributed by atoms with van der Waals surface area (Å²) >= 11 is 0. The van der Waals surface area contributed by atoms with Gasteiger partial charge in [0.25, 0.3) is 0 Å². The quantitative estimate of drug-likeness (QED) is 0.245. The van der Waals surface area contributed by atoms with Crippen LogP contribution in [0.4, 0.5) is 9.18 Å². The number of sulfonamides is 1. The Morgan fingerprint density at radius 3 is 2.51 bits per heavy atom. The molecule has 5 aliphatic rings. The number of fused-ring (bicyclic) bond motifs is 3. The van der Waals surface area contributed by atoms with Crippen molar-refractivity contribution < 1.29 is 51.0 Å². The Morgan fingerprint density at radius 1 is 1.09 bits per heavy atom. The number of allylic oxidation sites excluding steroid dienone is 1. The number of nitrogens with one attached hydrogen (secondary N) is 1. The van der Waals surface area contributed by atoms with Gasteiger partial charge < -0.3 is 19.3 Å². The standard InChI is InChI=1S/C39H49FN4O10S/c1-5-33(46)42-15-7-10-24(17-34(47)54-38(2,3)4)35(48)44-22-27(53-37(50)43-21-25-9-6-12-30(40)29(25)23-43)18-31(44)32(45)20-39(19-26(39)11-8-16-42)36(49)41-55(51,52)28-13-14-28/h5-6,8-9,11-12,24,26-28,31H,1,7,10,13-23H2,2-4H3,(H,41,49)/b11-8-/t24-,26-,27-,31+,39?/m1/s1. The number of hydrogen-bond donors (Lipinski definition) is 1. The smallest absolute Gasteiger partial charge is 0.410 e. The van der Waals surface area contributed by atoms with E-state index in [0.29, 0.717) is 30.4 Å². The highest BCUT2D eigenvalue weighted by Crippen LogP contribution is 2.57. The molecule has 298 valence electrons. The number of Topliss-reactive ketones (excluding diaryl/α,β-unsaturated/α-hetero) is 1. The first-order valence-electron chi connectivity index (χ1n) is 18.8. The van der Waals surface area contributed by atoms with E-state index in [-0.39, 0.29) is 64.3 Å². The Balaban J connectivity index is 1.29. The van der Waals surface area contributed by atoms with Crippen LogP contribution in [0.25, 0.3) is 0 Å². The van der Waals surface area contributed by atoms with Crippen LogP contribution in [0.3, 0.4) is 0 Å². The van der Waals surface area contributed by atoms with Gasteiger partial charge in [-0.2, -0.15) is 0 Å². The fraction of sp³-hybridized carbons (Fsp3) is 0.590. The monoisotopic (exact) mass is 784 g/mol. The zero-order valence-corrected chi connectivity index (χ0v) is 32.3. The number of nitrogens with zero attached hydrogens (tertiary/aromatic N) is 3. The second-order valence-corrected chi connectivity index (χ2v) is 18.3. The molecule has 6 rings (SSSR count). The molecule has 55 heavy (non-hydrogen) atoms. The van der Waals surface area contributed by atoms with Crippen molar-refractivity contribution in [2.24, 2.45) is 17.3 Å². The van der Waals surface area contributed by atoms with Crippen molar-refractivity contribution in [3.63, 3.8) is 0 Å². The number of carbonyl (C=O) groups excluding carboxylic acids is 6. The lowest BCUT2D eigenvalue weighted by atomic mass is 9.90. The van der Waals surface area contributed by atoms with Crippen LogP contribution in [0.1, 0.15) is 83.3 Å². The summed E-state index contributed by atoms with van der Waals surface area (Å²) in [5.41, 5.74) is -1.26. The fourth-order valence-electron chi connectivity index (χ4n) is 7.84. The third kappa shape index (κ3) is 9.11. The molecule has 1 aromatic carbocycles. The first-order valence-corrected chi connectivity index (χ1v) is 20.4. The van der Waals surface area contributed by atoms with Crippen molar-refractivity contribution in [2.75, 3.05) is 19.6 Å². The molecule has 1 aromatic rings. The molecule has 2 aliphatic carbocycles. The molecule has 0 spiro atoms. The number of ether oxygens (including phenoxy) is 2. The number of ketones is 1. The number of amides is 4. The molecule has 0 radical (unpaired) electrons. The minimum absolute atomic E-state index is 0.0157. The van der Waals surface area contributed by atoms with Gasteiger partial charge in [0.2, 0.25) is 27.7 Å². The van der Waals surface area contributed by atoms with E-state index in [0.717, 1.165) is 6.08 Å². The van der Waals surface area contributed by atoms with E-state index in [1.165, 1.54) is 20.8 Å². The van der Waals surface area contributed by atoms with Crippen LogP contribution in [-0.4, -0.2) is 101 Å². The van der Waals surface area contributed by atoms with Gasteiger partial charge in [-0.15, -0.1) is 0 Å². The Bertz CT molecular complexity index is 1910. The van der Waals surface area contributed by atoms with Gasteiger partial charge in [0.1, 0.15) is 17.5 Å². The van der Waals surface area contributed by atoms with Gasteiger partial charge in [0.05, 0.1) is 36.2 Å². The molecule has 4 amide bonds. The summed E-state index contributed by atoms with van der Waals surface area (Å²) in [6.45, 7) is 8.92. The van der Waals surface area contributed by atoms with Crippen molar-refractivity contribution in [3.05, 3.63) is 60.0 Å². The molecule has 14 nitrogen and oxygen atoms in total. The van der Waals surface area contributed by atoms with Gasteiger partial charge in [-0.3, -0.25) is 33.6 Å². The summed E-state index contributed by atoms with van der Waals surface area (Å²) in [6.07, 6.45) is 3.48. The van der Waals surface area contributed by atoms with Crippen LogP contribution < -0.4 is 4.72 Å². The molecule has 1 saturated heterocycles. The lowest BCUT2D eigenvalue weighted by Crippen LogP contribution is -2.46. The predicted octanol–water partition coefficient (Wildman–Crippen LogP) is 3.53. The minimum Gasteiger partial charge on any atom is -0.460 e. The molecule has 3 heterocycles. The van der Waals surface area contributed by atoms with Crippen molar-refractivity contribution >= 4 is 45.6 Å². The molecule has 0 aromatic heterocycles. The lowest BCUT2D eigenvalue weighted by Gasteiger charge is -2.29. The Labute approximate surface area is 320 Å². The third-order valence-corrected chi connectivity index (χ3v) is 12.8. The molecule has 1 N–H and O–H groups in total. The van der Waals surface area contributed by atoms with Crippen LogP contribution >= 0.6 is 0 Å². The molecule has 3 fully saturated rings. The summed E-state index contributed by atoms with van der Waals surface area (Å²) in [5, 5.41) is -0.683. The second-order valence-electron chi connectivity index (χ2n) is 16.3. The average molecular weight is 785 g/mol. The normalized spacial score (nSPS) is 27.8. The molecule has 2 saturated carbocycles. The molecule has 0 bridgehead atoms. The number of hydrogen-bond acceptors (Lipinski definition) is 10. The van der Waals surface area contributed by atoms with Gasteiger partial charge in [-0.25, -0.2) is 17.6 Å². The molecular formula is C39H49FN4O10S. The van der Waals surface area contributed by atoms with Gasteiger partial charge in [-0.1, -0.05) is 30.9 Å². The fourth-order valence-corrected chi connectivity index (χ4v) is 9.23. The maximum Gasteiger partial charge on any atom is 0.410 e. The molecule has 3 aliphatic heterocycles. The highest BCUT2D eigenvalue weighted by atomic mass is 32.2. The van der Waals surface area contributed by atoms with Crippen LogP contribution in [0, 0.1) is 23.1 Å². The Morgan fingerprint density at radius 2 is 1.84 bits per heavy atom. The van der Waals surface area contributed by atoms with Crippen molar-refractivity contribution in [3.8, 4) is 0 Å². The molecule has 1 unspecified atom stereocenters. The first kappa shape index (κ1) is 40.1. The van der Waals surface area contributed by atoms with E-state index in [2.05, 4.69) is 11.3 Å². The Kier molecular flexibility index (Phi) is 11.3. The zero-order chi connectivity index (χ0) is 39.9. The number of rotatable bonds is 7. The first-order chi connectivity index (χ1) is 25.9. The van der Waals surface area contributed by atoms with Gasteiger partial charge in [-0.05, 0) is 76.5 Å². The third-order valence-electron chi connectivity index (χ3n) is 11.0. The highest BCUT2D eigenvalue weighted by Gasteiger charge is 2.61. The second kappa shape index (κ2) is 15.5. The number of esters is 1. The van der Waals surface area contributed by atoms with Gasteiger partial charge in [0, 0.05) is 44.0 Å². The summed E-state index contributed by atoms with van der Waals surface area (Å²) in [5.74, 6) is -4.86. The average Bonchev–Trinajstić information content (AvgIpc) is 3.99. The van der Waals surface area contributed by atoms with Crippen LogP contribution in [0.5, 0.6) is 0 Å². The minimum atomic E-state index is -3.96. The van der Waals surface area contributed by atoms with Crippen LogP contribution in [0.15, 0.2) is 43.0 Å². The maximum absolute atomic E-state index is 14.5. The van der Waals surface area contributed by atoms with E-state index >= 15 is 0 Å². The van der Waals surface area contributed by atoms with Gasteiger partial charge >= 0.3 is 12.1 Å². The zero-order valence-electron chi connectivity index (χ0n) is 31.5. The van der Waals surface area contributed by atoms with E-state index in [9.17, 15) is 41.6 Å². The van der Waals surface area contributed by atoms with Crippen molar-refractivity contribution in [2.45, 2.75) is 108 Å². The highest BCUT2D eigenvalue weighted by molar-refractivity contribution is 7.90. The van der Waals surface area contributed by atoms with Crippen molar-refractivity contribution in [1.82, 2.24) is 19.4 Å². The summed E-state index contributed by atoms with van der Waals surface area (Å²) in [4.78, 5) is 86.2. The van der Waals surface area contributed by atoms with Crippen LogP contribution in [-0.2, 0) is 56.6 Å².